The smallest absolute Gasteiger partial charge is 0.230 e. The Morgan fingerprint density at radius 2 is 2.36 bits per heavy atom. The number of methoxy groups -OCH3 is 1. The molecule has 22 heavy (non-hydrogen) atoms. The zero-order valence-corrected chi connectivity index (χ0v) is 13.9. The molecule has 1 heterocycles. The molecule has 1 aromatic carbocycles. The highest BCUT2D eigenvalue weighted by Crippen LogP contribution is 2.31. The van der Waals surface area contributed by atoms with Crippen molar-refractivity contribution in [3.05, 3.63) is 36.9 Å². The second-order valence-corrected chi connectivity index (χ2v) is 6.41. The molecule has 1 amide bonds. The van der Waals surface area contributed by atoms with Gasteiger partial charge in [-0.2, -0.15) is 0 Å². The largest absolute Gasteiger partial charge is 0.495 e. The number of para-hydroxylation sites is 2. The first-order chi connectivity index (χ1) is 10.7. The Kier molecular flexibility index (Phi) is 6.65. The number of nitrogens with one attached hydrogen (secondary N) is 1. The molecule has 5 heteroatoms. The van der Waals surface area contributed by atoms with Gasteiger partial charge in [-0.1, -0.05) is 18.2 Å². The molecular weight excluding hydrogens is 296 g/mol. The molecule has 1 aliphatic rings. The van der Waals surface area contributed by atoms with Crippen LogP contribution >= 0.6 is 11.8 Å². The number of hydrogen-bond donors (Lipinski definition) is 1. The van der Waals surface area contributed by atoms with E-state index in [-0.39, 0.29) is 5.91 Å². The van der Waals surface area contributed by atoms with Crippen LogP contribution in [-0.4, -0.2) is 44.2 Å². The Labute approximate surface area is 136 Å². The van der Waals surface area contributed by atoms with Crippen molar-refractivity contribution in [1.29, 1.82) is 0 Å². The van der Waals surface area contributed by atoms with Gasteiger partial charge in [0.15, 0.2) is 0 Å². The van der Waals surface area contributed by atoms with Crippen LogP contribution in [0.5, 0.6) is 5.75 Å². The fourth-order valence-corrected chi connectivity index (χ4v) is 3.23. The normalized spacial score (nSPS) is 17.3. The summed E-state index contributed by atoms with van der Waals surface area (Å²) in [5.74, 6) is 2.85. The lowest BCUT2D eigenvalue weighted by atomic mass is 10.1. The van der Waals surface area contributed by atoms with Crippen LogP contribution in [0.4, 0.5) is 5.69 Å². The molecule has 0 radical (unpaired) electrons. The summed E-state index contributed by atoms with van der Waals surface area (Å²) in [4.78, 5) is 14.1. The Morgan fingerprint density at radius 1 is 1.55 bits per heavy atom. The summed E-state index contributed by atoms with van der Waals surface area (Å²) in [6.07, 6.45) is 2.91. The predicted molar refractivity (Wildman–Crippen MR) is 93.8 cm³/mol. The Balaban J connectivity index is 1.78. The topological polar surface area (TPSA) is 41.6 Å². The molecule has 1 atom stereocenters. The first kappa shape index (κ1) is 16.7. The number of rotatable bonds is 8. The first-order valence-electron chi connectivity index (χ1n) is 7.58. The number of benzene rings is 1. The molecule has 0 aliphatic carbocycles. The van der Waals surface area contributed by atoms with Crippen LogP contribution < -0.4 is 15.0 Å². The zero-order chi connectivity index (χ0) is 15.8. The Morgan fingerprint density at radius 3 is 3.14 bits per heavy atom. The van der Waals surface area contributed by atoms with E-state index in [0.29, 0.717) is 11.7 Å². The molecule has 1 N–H and O–H groups in total. The van der Waals surface area contributed by atoms with E-state index in [1.54, 1.807) is 18.9 Å². The number of nitrogens with zero attached hydrogens (tertiary/aromatic N) is 1. The van der Waals surface area contributed by atoms with Crippen LogP contribution in [0.25, 0.3) is 0 Å². The molecule has 1 aromatic rings. The Hall–Kier alpha value is -1.62. The third-order valence-electron chi connectivity index (χ3n) is 3.77. The van der Waals surface area contributed by atoms with Gasteiger partial charge in [0.1, 0.15) is 5.75 Å². The summed E-state index contributed by atoms with van der Waals surface area (Å²) in [7, 11) is 1.70. The van der Waals surface area contributed by atoms with Gasteiger partial charge in [-0.15, -0.1) is 18.3 Å². The summed E-state index contributed by atoms with van der Waals surface area (Å²) in [5, 5.41) is 3.03. The van der Waals surface area contributed by atoms with Crippen molar-refractivity contribution in [1.82, 2.24) is 5.32 Å². The van der Waals surface area contributed by atoms with Gasteiger partial charge < -0.3 is 15.0 Å². The second kappa shape index (κ2) is 8.73. The van der Waals surface area contributed by atoms with Crippen LogP contribution in [-0.2, 0) is 4.79 Å². The molecule has 1 fully saturated rings. The highest BCUT2D eigenvalue weighted by molar-refractivity contribution is 8.00. The lowest BCUT2D eigenvalue weighted by Gasteiger charge is -2.21. The minimum Gasteiger partial charge on any atom is -0.495 e. The Bertz CT molecular complexity index is 507. The molecule has 0 saturated carbocycles. The molecule has 2 rings (SSSR count). The molecule has 1 aliphatic heterocycles. The van der Waals surface area contributed by atoms with Gasteiger partial charge in [-0.25, -0.2) is 0 Å². The fourth-order valence-electron chi connectivity index (χ4n) is 2.65. The molecule has 1 saturated heterocycles. The van der Waals surface area contributed by atoms with Crippen molar-refractivity contribution in [2.24, 2.45) is 5.92 Å². The van der Waals surface area contributed by atoms with Crippen molar-refractivity contribution in [3.63, 3.8) is 0 Å². The van der Waals surface area contributed by atoms with E-state index in [1.165, 1.54) is 0 Å². The maximum atomic E-state index is 11.7. The maximum Gasteiger partial charge on any atom is 0.230 e. The highest BCUT2D eigenvalue weighted by atomic mass is 32.2. The maximum absolute atomic E-state index is 11.7. The molecule has 0 bridgehead atoms. The quantitative estimate of drug-likeness (QED) is 0.590. The molecule has 4 nitrogen and oxygen atoms in total. The van der Waals surface area contributed by atoms with Crippen molar-refractivity contribution < 1.29 is 9.53 Å². The van der Waals surface area contributed by atoms with Crippen molar-refractivity contribution in [2.45, 2.75) is 6.42 Å². The summed E-state index contributed by atoms with van der Waals surface area (Å²) in [5.41, 5.74) is 1.14. The number of ether oxygens (including phenoxy) is 1. The van der Waals surface area contributed by atoms with Gasteiger partial charge in [0.25, 0.3) is 0 Å². The standard InChI is InChI=1S/C17H24N2O2S/c1-3-10-22-13-17(20)18-11-14-8-9-19(12-14)15-6-4-5-7-16(15)21-2/h3-7,14H,1,8-13H2,2H3,(H,18,20)/t14-/m0/s1. The summed E-state index contributed by atoms with van der Waals surface area (Å²) in [6, 6.07) is 8.09. The van der Waals surface area contributed by atoms with Crippen LogP contribution in [0.15, 0.2) is 36.9 Å². The van der Waals surface area contributed by atoms with Gasteiger partial charge in [0.05, 0.1) is 18.6 Å². The fraction of sp³-hybridized carbons (Fsp3) is 0.471. The minimum absolute atomic E-state index is 0.114. The van der Waals surface area contributed by atoms with E-state index >= 15 is 0 Å². The van der Waals surface area contributed by atoms with Gasteiger partial charge >= 0.3 is 0 Å². The van der Waals surface area contributed by atoms with Crippen molar-refractivity contribution >= 4 is 23.4 Å². The summed E-state index contributed by atoms with van der Waals surface area (Å²) >= 11 is 1.59. The van der Waals surface area contributed by atoms with Gasteiger partial charge in [-0.3, -0.25) is 4.79 Å². The highest BCUT2D eigenvalue weighted by Gasteiger charge is 2.24. The monoisotopic (exact) mass is 320 g/mol. The van der Waals surface area contributed by atoms with E-state index in [1.807, 2.05) is 24.3 Å². The van der Waals surface area contributed by atoms with Crippen LogP contribution in [0, 0.1) is 5.92 Å². The van der Waals surface area contributed by atoms with E-state index < -0.39 is 0 Å². The molecule has 120 valence electrons. The molecule has 0 aromatic heterocycles. The van der Waals surface area contributed by atoms with Crippen LogP contribution in [0.3, 0.4) is 0 Å². The van der Waals surface area contributed by atoms with Crippen LogP contribution in [0.1, 0.15) is 6.42 Å². The van der Waals surface area contributed by atoms with E-state index in [9.17, 15) is 4.79 Å². The molecule has 0 unspecified atom stereocenters. The summed E-state index contributed by atoms with van der Waals surface area (Å²) < 4.78 is 5.42. The van der Waals surface area contributed by atoms with Gasteiger partial charge in [0.2, 0.25) is 5.91 Å². The second-order valence-electron chi connectivity index (χ2n) is 5.38. The average Bonchev–Trinajstić information content (AvgIpc) is 3.02. The number of carbonyl (C=O) groups is 1. The van der Waals surface area contributed by atoms with Crippen molar-refractivity contribution in [2.75, 3.05) is 43.1 Å². The number of thioether (sulfide) groups is 1. The van der Waals surface area contributed by atoms with Gasteiger partial charge in [-0.05, 0) is 24.5 Å². The zero-order valence-electron chi connectivity index (χ0n) is 13.1. The summed E-state index contributed by atoms with van der Waals surface area (Å²) in [6.45, 7) is 6.36. The van der Waals surface area contributed by atoms with Crippen LogP contribution in [0.2, 0.25) is 0 Å². The van der Waals surface area contributed by atoms with E-state index in [4.69, 9.17) is 4.74 Å². The number of amides is 1. The SMILES string of the molecule is C=CCSCC(=O)NC[C@@H]1CCN(c2ccccc2OC)C1. The van der Waals surface area contributed by atoms with Crippen molar-refractivity contribution in [3.8, 4) is 5.75 Å². The lowest BCUT2D eigenvalue weighted by Crippen LogP contribution is -2.32. The number of anilines is 1. The third-order valence-corrected chi connectivity index (χ3v) is 4.71. The first-order valence-corrected chi connectivity index (χ1v) is 8.73. The number of hydrogen-bond acceptors (Lipinski definition) is 4. The average molecular weight is 320 g/mol. The molecule has 0 spiro atoms. The third kappa shape index (κ3) is 4.70. The number of carbonyl (C=O) groups excluding carboxylic acids is 1. The van der Waals surface area contributed by atoms with E-state index in [2.05, 4.69) is 22.9 Å². The van der Waals surface area contributed by atoms with E-state index in [0.717, 1.165) is 43.2 Å². The molecular formula is C17H24N2O2S. The minimum atomic E-state index is 0.114. The predicted octanol–water partition coefficient (Wildman–Crippen LogP) is 2.56. The lowest BCUT2D eigenvalue weighted by molar-refractivity contribution is -0.118. The van der Waals surface area contributed by atoms with Gasteiger partial charge in [0, 0.05) is 25.4 Å².